The van der Waals surface area contributed by atoms with Crippen LogP contribution >= 0.6 is 15.9 Å². The highest BCUT2D eigenvalue weighted by molar-refractivity contribution is 9.10. The molecule has 1 amide bonds. The molecule has 0 unspecified atom stereocenters. The summed E-state index contributed by atoms with van der Waals surface area (Å²) < 4.78 is 5.74. The maximum atomic E-state index is 12.1. The van der Waals surface area contributed by atoms with E-state index in [4.69, 9.17) is 9.84 Å². The molecule has 0 aliphatic carbocycles. The molecule has 0 aliphatic heterocycles. The van der Waals surface area contributed by atoms with Crippen LogP contribution in [-0.4, -0.2) is 29.1 Å². The van der Waals surface area contributed by atoms with Gasteiger partial charge in [-0.2, -0.15) is 0 Å². The largest absolute Gasteiger partial charge is 0.496 e. The summed E-state index contributed by atoms with van der Waals surface area (Å²) in [5.74, 6) is -0.900. The quantitative estimate of drug-likeness (QED) is 0.884. The predicted octanol–water partition coefficient (Wildman–Crippen LogP) is 2.80. The zero-order valence-electron chi connectivity index (χ0n) is 11.0. The van der Waals surface area contributed by atoms with Gasteiger partial charge in [-0.05, 0) is 46.3 Å². The summed E-state index contributed by atoms with van der Waals surface area (Å²) in [7, 11) is 1.53. The Morgan fingerprint density at radius 3 is 2.67 bits per heavy atom. The Kier molecular flexibility index (Phi) is 4.54. The Labute approximate surface area is 128 Å². The molecule has 7 heteroatoms. The fourth-order valence-corrected chi connectivity index (χ4v) is 2.18. The summed E-state index contributed by atoms with van der Waals surface area (Å²) >= 11 is 3.30. The first kappa shape index (κ1) is 15.0. The molecule has 0 saturated carbocycles. The van der Waals surface area contributed by atoms with E-state index in [0.29, 0.717) is 21.5 Å². The van der Waals surface area contributed by atoms with Crippen LogP contribution in [0.1, 0.15) is 20.8 Å². The number of nitrogens with one attached hydrogen (secondary N) is 1. The number of carboxylic acids is 1. The fourth-order valence-electron chi connectivity index (χ4n) is 1.64. The molecule has 2 N–H and O–H groups in total. The minimum atomic E-state index is -1.15. The van der Waals surface area contributed by atoms with Gasteiger partial charge in [-0.25, -0.2) is 9.78 Å². The molecule has 2 aromatic rings. The molecule has 21 heavy (non-hydrogen) atoms. The highest BCUT2D eigenvalue weighted by Gasteiger charge is 2.11. The van der Waals surface area contributed by atoms with Crippen LogP contribution in [0.15, 0.2) is 41.0 Å². The number of benzene rings is 1. The Balaban J connectivity index is 2.20. The van der Waals surface area contributed by atoms with Gasteiger partial charge in [0.15, 0.2) is 0 Å². The average molecular weight is 351 g/mol. The van der Waals surface area contributed by atoms with E-state index in [2.05, 4.69) is 26.2 Å². The summed E-state index contributed by atoms with van der Waals surface area (Å²) in [6.45, 7) is 0. The van der Waals surface area contributed by atoms with E-state index in [-0.39, 0.29) is 11.6 Å². The number of pyridine rings is 1. The molecule has 1 aromatic heterocycles. The molecule has 1 aromatic carbocycles. The highest BCUT2D eigenvalue weighted by atomic mass is 79.9. The third kappa shape index (κ3) is 3.57. The second kappa shape index (κ2) is 6.36. The number of ether oxygens (including phenoxy) is 1. The molecule has 108 valence electrons. The van der Waals surface area contributed by atoms with E-state index >= 15 is 0 Å². The number of carbonyl (C=O) groups is 2. The van der Waals surface area contributed by atoms with Crippen molar-refractivity contribution in [3.05, 3.63) is 52.3 Å². The van der Waals surface area contributed by atoms with E-state index in [0.717, 1.165) is 0 Å². The summed E-state index contributed by atoms with van der Waals surface area (Å²) in [4.78, 5) is 26.6. The molecular weight excluding hydrogens is 340 g/mol. The number of nitrogens with zero attached hydrogens (tertiary/aromatic N) is 1. The summed E-state index contributed by atoms with van der Waals surface area (Å²) in [5, 5.41) is 11.5. The van der Waals surface area contributed by atoms with Gasteiger partial charge in [0.05, 0.1) is 11.6 Å². The second-order valence-corrected chi connectivity index (χ2v) is 4.89. The zero-order valence-corrected chi connectivity index (χ0v) is 12.5. The van der Waals surface area contributed by atoms with Crippen molar-refractivity contribution >= 4 is 33.5 Å². The SMILES string of the molecule is COc1ccc(C(=O)Nc2ccnc(C(=O)O)c2)cc1Br. The number of methoxy groups -OCH3 is 1. The van der Waals surface area contributed by atoms with Crippen LogP contribution < -0.4 is 10.1 Å². The molecule has 0 aliphatic rings. The van der Waals surface area contributed by atoms with Crippen molar-refractivity contribution in [1.29, 1.82) is 0 Å². The lowest BCUT2D eigenvalue weighted by Crippen LogP contribution is -2.13. The van der Waals surface area contributed by atoms with Crippen molar-refractivity contribution in [3.63, 3.8) is 0 Å². The van der Waals surface area contributed by atoms with Crippen molar-refractivity contribution in [1.82, 2.24) is 4.98 Å². The van der Waals surface area contributed by atoms with Crippen LogP contribution in [0.25, 0.3) is 0 Å². The number of carboxylic acid groups (broad SMARTS) is 1. The van der Waals surface area contributed by atoms with Crippen molar-refractivity contribution in [2.24, 2.45) is 0 Å². The van der Waals surface area contributed by atoms with Gasteiger partial charge in [0.2, 0.25) is 0 Å². The van der Waals surface area contributed by atoms with E-state index in [9.17, 15) is 9.59 Å². The van der Waals surface area contributed by atoms with Crippen molar-refractivity contribution in [2.45, 2.75) is 0 Å². The Bertz CT molecular complexity index is 703. The summed E-state index contributed by atoms with van der Waals surface area (Å²) in [6.07, 6.45) is 1.32. The van der Waals surface area contributed by atoms with E-state index in [1.807, 2.05) is 0 Å². The van der Waals surface area contributed by atoms with Gasteiger partial charge in [0.1, 0.15) is 11.4 Å². The van der Waals surface area contributed by atoms with E-state index in [1.165, 1.54) is 25.4 Å². The first-order chi connectivity index (χ1) is 10.0. The average Bonchev–Trinajstić information content (AvgIpc) is 2.47. The van der Waals surface area contributed by atoms with Crippen LogP contribution in [0, 0.1) is 0 Å². The zero-order chi connectivity index (χ0) is 15.4. The van der Waals surface area contributed by atoms with Gasteiger partial charge in [-0.3, -0.25) is 4.79 Å². The number of halogens is 1. The lowest BCUT2D eigenvalue weighted by Gasteiger charge is -2.08. The van der Waals surface area contributed by atoms with Gasteiger partial charge < -0.3 is 15.2 Å². The predicted molar refractivity (Wildman–Crippen MR) is 79.8 cm³/mol. The van der Waals surface area contributed by atoms with Gasteiger partial charge in [-0.1, -0.05) is 0 Å². The normalized spacial score (nSPS) is 10.0. The van der Waals surface area contributed by atoms with Gasteiger partial charge >= 0.3 is 5.97 Å². The maximum Gasteiger partial charge on any atom is 0.354 e. The molecule has 0 radical (unpaired) electrons. The van der Waals surface area contributed by atoms with Crippen LogP contribution in [0.4, 0.5) is 5.69 Å². The molecule has 0 bridgehead atoms. The molecule has 0 saturated heterocycles. The van der Waals surface area contributed by atoms with Crippen LogP contribution in [0.5, 0.6) is 5.75 Å². The Morgan fingerprint density at radius 1 is 1.29 bits per heavy atom. The lowest BCUT2D eigenvalue weighted by atomic mass is 10.2. The van der Waals surface area contributed by atoms with Crippen LogP contribution in [-0.2, 0) is 0 Å². The minimum absolute atomic E-state index is 0.135. The fraction of sp³-hybridized carbons (Fsp3) is 0.0714. The third-order valence-corrected chi connectivity index (χ3v) is 3.27. The Morgan fingerprint density at radius 2 is 2.05 bits per heavy atom. The van der Waals surface area contributed by atoms with Gasteiger partial charge in [0, 0.05) is 17.4 Å². The number of aromatic carboxylic acids is 1. The molecular formula is C14H11BrN2O4. The molecule has 0 fully saturated rings. The standard InChI is InChI=1S/C14H11BrN2O4/c1-21-12-3-2-8(6-10(12)15)13(18)17-9-4-5-16-11(7-9)14(19)20/h2-7H,1H3,(H,19,20)(H,16,17,18). The minimum Gasteiger partial charge on any atom is -0.496 e. The summed E-state index contributed by atoms with van der Waals surface area (Å²) in [6, 6.07) is 7.70. The smallest absolute Gasteiger partial charge is 0.354 e. The van der Waals surface area contributed by atoms with Crippen LogP contribution in [0.2, 0.25) is 0 Å². The molecule has 2 rings (SSSR count). The first-order valence-electron chi connectivity index (χ1n) is 5.85. The van der Waals surface area contributed by atoms with Gasteiger partial charge in [0.25, 0.3) is 5.91 Å². The third-order valence-electron chi connectivity index (χ3n) is 2.65. The van der Waals surface area contributed by atoms with Gasteiger partial charge in [-0.15, -0.1) is 0 Å². The second-order valence-electron chi connectivity index (χ2n) is 4.04. The number of amides is 1. The number of carbonyl (C=O) groups excluding carboxylic acids is 1. The number of rotatable bonds is 4. The monoisotopic (exact) mass is 350 g/mol. The number of anilines is 1. The first-order valence-corrected chi connectivity index (χ1v) is 6.65. The number of aromatic nitrogens is 1. The molecule has 0 spiro atoms. The van der Waals surface area contributed by atoms with E-state index in [1.54, 1.807) is 18.2 Å². The van der Waals surface area contributed by atoms with Crippen molar-refractivity contribution in [2.75, 3.05) is 12.4 Å². The van der Waals surface area contributed by atoms with Crippen molar-refractivity contribution < 1.29 is 19.4 Å². The lowest BCUT2D eigenvalue weighted by molar-refractivity contribution is 0.0690. The molecule has 1 heterocycles. The van der Waals surface area contributed by atoms with Crippen LogP contribution in [0.3, 0.4) is 0 Å². The highest BCUT2D eigenvalue weighted by Crippen LogP contribution is 2.25. The number of hydrogen-bond acceptors (Lipinski definition) is 4. The Hall–Kier alpha value is -2.41. The van der Waals surface area contributed by atoms with E-state index < -0.39 is 5.97 Å². The topological polar surface area (TPSA) is 88.5 Å². The number of hydrogen-bond donors (Lipinski definition) is 2. The van der Waals surface area contributed by atoms with Crippen molar-refractivity contribution in [3.8, 4) is 5.75 Å². The molecule has 0 atom stereocenters. The maximum absolute atomic E-state index is 12.1. The molecule has 6 nitrogen and oxygen atoms in total. The summed E-state index contributed by atoms with van der Waals surface area (Å²) in [5.41, 5.74) is 0.638.